The van der Waals surface area contributed by atoms with Crippen LogP contribution in [0, 0.1) is 13.8 Å². The Hall–Kier alpha value is -2.21. The third-order valence-electron chi connectivity index (χ3n) is 4.74. The van der Waals surface area contributed by atoms with Gasteiger partial charge in [0.05, 0.1) is 12.1 Å². The Labute approximate surface area is 149 Å². The second-order valence-corrected chi connectivity index (χ2v) is 7.21. The standard InChI is InChI=1S/C18H18BrN5/c1-11-3-4-14(9-12(11)2)16-10-17(13-5-7-15(19)8-6-13)24-18(20-16)21-22-23-24/h3-9,16-17H,10H2,1-2H3,(H,20,21,23)/t16-,17-/m0/s1. The second-order valence-electron chi connectivity index (χ2n) is 6.29. The van der Waals surface area contributed by atoms with Gasteiger partial charge in [-0.05, 0) is 65.1 Å². The molecule has 0 unspecified atom stereocenters. The van der Waals surface area contributed by atoms with Crippen molar-refractivity contribution in [2.45, 2.75) is 32.4 Å². The SMILES string of the molecule is Cc1ccc([C@@H]2C[C@@H](c3ccc(Br)cc3)n3nnnc3N2)cc1C. The van der Waals surface area contributed by atoms with Crippen LogP contribution in [0.15, 0.2) is 46.9 Å². The summed E-state index contributed by atoms with van der Waals surface area (Å²) in [6.07, 6.45) is 0.905. The molecular formula is C18H18BrN5. The normalized spacial score (nSPS) is 19.6. The minimum Gasteiger partial charge on any atom is -0.346 e. The number of nitrogens with zero attached hydrogens (tertiary/aromatic N) is 4. The number of halogens is 1. The van der Waals surface area contributed by atoms with Gasteiger partial charge in [0.25, 0.3) is 0 Å². The van der Waals surface area contributed by atoms with Gasteiger partial charge in [0, 0.05) is 4.47 Å². The van der Waals surface area contributed by atoms with E-state index >= 15 is 0 Å². The number of hydrogen-bond acceptors (Lipinski definition) is 4. The van der Waals surface area contributed by atoms with Crippen LogP contribution in [0.25, 0.3) is 0 Å². The molecule has 0 saturated carbocycles. The van der Waals surface area contributed by atoms with Crippen molar-refractivity contribution in [1.82, 2.24) is 20.2 Å². The smallest absolute Gasteiger partial charge is 0.243 e. The highest BCUT2D eigenvalue weighted by molar-refractivity contribution is 9.10. The van der Waals surface area contributed by atoms with Gasteiger partial charge in [-0.25, -0.2) is 4.68 Å². The van der Waals surface area contributed by atoms with E-state index in [1.807, 2.05) is 4.68 Å². The Kier molecular flexibility index (Phi) is 3.84. The van der Waals surface area contributed by atoms with Crippen molar-refractivity contribution in [3.05, 3.63) is 69.2 Å². The lowest BCUT2D eigenvalue weighted by Crippen LogP contribution is -2.28. The summed E-state index contributed by atoms with van der Waals surface area (Å²) < 4.78 is 2.95. The van der Waals surface area contributed by atoms with Crippen molar-refractivity contribution in [2.24, 2.45) is 0 Å². The number of nitrogens with one attached hydrogen (secondary N) is 1. The predicted molar refractivity (Wildman–Crippen MR) is 97.0 cm³/mol. The molecule has 2 aromatic carbocycles. The average molecular weight is 384 g/mol. The van der Waals surface area contributed by atoms with Crippen molar-refractivity contribution in [3.63, 3.8) is 0 Å². The first-order valence-electron chi connectivity index (χ1n) is 7.99. The van der Waals surface area contributed by atoms with Gasteiger partial charge in [-0.1, -0.05) is 51.4 Å². The molecule has 122 valence electrons. The largest absolute Gasteiger partial charge is 0.346 e. The first kappa shape index (κ1) is 15.3. The summed E-state index contributed by atoms with van der Waals surface area (Å²) in [5.41, 5.74) is 5.10. The molecule has 2 heterocycles. The lowest BCUT2D eigenvalue weighted by Gasteiger charge is -2.31. The number of aromatic nitrogens is 4. The Balaban J connectivity index is 1.72. The second kappa shape index (κ2) is 6.02. The number of rotatable bonds is 2. The predicted octanol–water partition coefficient (Wildman–Crippen LogP) is 4.20. The first-order valence-corrected chi connectivity index (χ1v) is 8.78. The maximum Gasteiger partial charge on any atom is 0.243 e. The number of hydrogen-bond donors (Lipinski definition) is 1. The maximum atomic E-state index is 4.18. The van der Waals surface area contributed by atoms with Crippen LogP contribution in [0.3, 0.4) is 0 Å². The lowest BCUT2D eigenvalue weighted by molar-refractivity contribution is 0.423. The molecule has 2 atom stereocenters. The van der Waals surface area contributed by atoms with E-state index < -0.39 is 0 Å². The van der Waals surface area contributed by atoms with Gasteiger partial charge in [-0.2, -0.15) is 0 Å². The van der Waals surface area contributed by atoms with E-state index in [9.17, 15) is 0 Å². The molecular weight excluding hydrogens is 366 g/mol. The summed E-state index contributed by atoms with van der Waals surface area (Å²) in [5, 5.41) is 15.6. The molecule has 0 amide bonds. The number of tetrazole rings is 1. The molecule has 0 fully saturated rings. The summed E-state index contributed by atoms with van der Waals surface area (Å²) in [6.45, 7) is 4.29. The fraction of sp³-hybridized carbons (Fsp3) is 0.278. The Morgan fingerprint density at radius 1 is 1.04 bits per heavy atom. The van der Waals surface area contributed by atoms with Gasteiger partial charge >= 0.3 is 0 Å². The highest BCUT2D eigenvalue weighted by Gasteiger charge is 2.30. The number of fused-ring (bicyclic) bond motifs is 1. The van der Waals surface area contributed by atoms with Crippen LogP contribution in [-0.2, 0) is 0 Å². The van der Waals surface area contributed by atoms with E-state index in [0.717, 1.165) is 16.8 Å². The van der Waals surface area contributed by atoms with Gasteiger partial charge in [0.1, 0.15) is 0 Å². The van der Waals surface area contributed by atoms with Gasteiger partial charge in [0.2, 0.25) is 5.95 Å². The van der Waals surface area contributed by atoms with Crippen LogP contribution in [-0.4, -0.2) is 20.2 Å². The molecule has 1 aromatic heterocycles. The fourth-order valence-electron chi connectivity index (χ4n) is 3.20. The van der Waals surface area contributed by atoms with E-state index in [2.05, 4.69) is 93.1 Å². The summed E-state index contributed by atoms with van der Waals surface area (Å²) >= 11 is 3.50. The van der Waals surface area contributed by atoms with Crippen molar-refractivity contribution in [1.29, 1.82) is 0 Å². The van der Waals surface area contributed by atoms with E-state index in [4.69, 9.17) is 0 Å². The molecule has 1 aliphatic heterocycles. The molecule has 1 aliphatic rings. The van der Waals surface area contributed by atoms with Crippen LogP contribution in [0.5, 0.6) is 0 Å². The monoisotopic (exact) mass is 383 g/mol. The molecule has 5 nitrogen and oxygen atoms in total. The van der Waals surface area contributed by atoms with Crippen LogP contribution in [0.2, 0.25) is 0 Å². The number of anilines is 1. The number of benzene rings is 2. The highest BCUT2D eigenvalue weighted by Crippen LogP contribution is 2.37. The molecule has 0 spiro atoms. The minimum absolute atomic E-state index is 0.121. The molecule has 0 radical (unpaired) electrons. The fourth-order valence-corrected chi connectivity index (χ4v) is 3.46. The Morgan fingerprint density at radius 2 is 1.79 bits per heavy atom. The zero-order valence-electron chi connectivity index (χ0n) is 13.6. The van der Waals surface area contributed by atoms with E-state index in [-0.39, 0.29) is 12.1 Å². The lowest BCUT2D eigenvalue weighted by atomic mass is 9.92. The van der Waals surface area contributed by atoms with Gasteiger partial charge in [0.15, 0.2) is 0 Å². The van der Waals surface area contributed by atoms with Crippen LogP contribution in [0.4, 0.5) is 5.95 Å². The summed E-state index contributed by atoms with van der Waals surface area (Å²) in [5.74, 6) is 0.720. The van der Waals surface area contributed by atoms with Crippen molar-refractivity contribution in [2.75, 3.05) is 5.32 Å². The molecule has 3 aromatic rings. The molecule has 1 N–H and O–H groups in total. The van der Waals surface area contributed by atoms with Crippen LogP contribution >= 0.6 is 15.9 Å². The van der Waals surface area contributed by atoms with Crippen molar-refractivity contribution in [3.8, 4) is 0 Å². The van der Waals surface area contributed by atoms with Crippen LogP contribution < -0.4 is 5.32 Å². The molecule has 4 rings (SSSR count). The van der Waals surface area contributed by atoms with Crippen molar-refractivity contribution < 1.29 is 0 Å². The maximum absolute atomic E-state index is 4.18. The van der Waals surface area contributed by atoms with E-state index in [1.54, 1.807) is 0 Å². The van der Waals surface area contributed by atoms with Gasteiger partial charge in [-0.15, -0.1) is 0 Å². The van der Waals surface area contributed by atoms with E-state index in [0.29, 0.717) is 0 Å². The van der Waals surface area contributed by atoms with Crippen molar-refractivity contribution >= 4 is 21.9 Å². The molecule has 0 bridgehead atoms. The van der Waals surface area contributed by atoms with Gasteiger partial charge in [-0.3, -0.25) is 0 Å². The Morgan fingerprint density at radius 3 is 2.54 bits per heavy atom. The molecule has 0 saturated heterocycles. The molecule has 24 heavy (non-hydrogen) atoms. The summed E-state index contributed by atoms with van der Waals surface area (Å²) in [4.78, 5) is 0. The first-order chi connectivity index (χ1) is 11.6. The summed E-state index contributed by atoms with van der Waals surface area (Å²) in [7, 11) is 0. The molecule has 6 heteroatoms. The Bertz CT molecular complexity index is 871. The minimum atomic E-state index is 0.121. The third kappa shape index (κ3) is 2.71. The number of aryl methyl sites for hydroxylation is 2. The topological polar surface area (TPSA) is 55.6 Å². The zero-order chi connectivity index (χ0) is 16.7. The van der Waals surface area contributed by atoms with Crippen LogP contribution in [0.1, 0.15) is 40.8 Å². The van der Waals surface area contributed by atoms with Gasteiger partial charge < -0.3 is 5.32 Å². The van der Waals surface area contributed by atoms with E-state index in [1.165, 1.54) is 22.3 Å². The quantitative estimate of drug-likeness (QED) is 0.720. The third-order valence-corrected chi connectivity index (χ3v) is 5.27. The molecule has 0 aliphatic carbocycles. The highest BCUT2D eigenvalue weighted by atomic mass is 79.9. The average Bonchev–Trinajstić information content (AvgIpc) is 3.06. The zero-order valence-corrected chi connectivity index (χ0v) is 15.2. The summed E-state index contributed by atoms with van der Waals surface area (Å²) in [6, 6.07) is 15.3.